The van der Waals surface area contributed by atoms with Crippen molar-refractivity contribution < 1.29 is 28.9 Å². The second-order valence-electron chi connectivity index (χ2n) is 17.1. The molecule has 2 spiro atoms. The zero-order valence-electron chi connectivity index (χ0n) is 31.3. The predicted octanol–water partition coefficient (Wildman–Crippen LogP) is 8.92. The van der Waals surface area contributed by atoms with Crippen LogP contribution < -0.4 is 10.1 Å². The van der Waals surface area contributed by atoms with Crippen LogP contribution in [0.25, 0.3) is 0 Å². The third-order valence-corrected chi connectivity index (χ3v) is 15.1. The van der Waals surface area contributed by atoms with E-state index in [4.69, 9.17) is 16.3 Å². The van der Waals surface area contributed by atoms with Crippen molar-refractivity contribution >= 4 is 29.1 Å². The number of aliphatic hydroxyl groups is 2. The molecule has 54 heavy (non-hydrogen) atoms. The number of aliphatic hydroxyl groups excluding tert-OH is 1. The van der Waals surface area contributed by atoms with E-state index in [1.165, 1.54) is 6.07 Å². The van der Waals surface area contributed by atoms with Gasteiger partial charge in [0, 0.05) is 51.1 Å². The number of ketones is 1. The minimum Gasteiger partial charge on any atom is -0.497 e. The Kier molecular flexibility index (Phi) is 9.14. The van der Waals surface area contributed by atoms with Crippen LogP contribution in [-0.2, 0) is 17.8 Å². The molecule has 9 rings (SSSR count). The molecule has 9 heteroatoms. The fourth-order valence-corrected chi connectivity index (χ4v) is 12.0. The number of halogens is 2. The van der Waals surface area contributed by atoms with Crippen molar-refractivity contribution in [2.24, 2.45) is 33.5 Å². The van der Waals surface area contributed by atoms with Gasteiger partial charge in [0.1, 0.15) is 11.6 Å². The lowest BCUT2D eigenvalue weighted by Crippen LogP contribution is -2.67. The summed E-state index contributed by atoms with van der Waals surface area (Å²) >= 11 is 6.49. The number of methoxy groups -OCH3 is 1. The van der Waals surface area contributed by atoms with Crippen LogP contribution in [0.2, 0.25) is 5.02 Å². The monoisotopic (exact) mass is 752 g/mol. The van der Waals surface area contributed by atoms with E-state index >= 15 is 4.39 Å². The van der Waals surface area contributed by atoms with Gasteiger partial charge in [0.2, 0.25) is 0 Å². The van der Waals surface area contributed by atoms with E-state index in [1.54, 1.807) is 48.4 Å². The topological polar surface area (TPSA) is 99.1 Å². The Hall–Kier alpha value is -3.98. The average molecular weight is 753 g/mol. The number of carbonyl (C=O) groups excluding carboxylic acids is 2. The highest BCUT2D eigenvalue weighted by Gasteiger charge is 2.74. The molecule has 3 aromatic rings. The highest BCUT2D eigenvalue weighted by Crippen LogP contribution is 2.78. The van der Waals surface area contributed by atoms with Crippen LogP contribution in [0.5, 0.6) is 5.75 Å². The summed E-state index contributed by atoms with van der Waals surface area (Å²) in [5.74, 6) is -0.0270. The second-order valence-corrected chi connectivity index (χ2v) is 17.5. The molecule has 6 aliphatic rings. The largest absolute Gasteiger partial charge is 0.497 e. The summed E-state index contributed by atoms with van der Waals surface area (Å²) < 4.78 is 20.5. The summed E-state index contributed by atoms with van der Waals surface area (Å²) in [4.78, 5) is 30.7. The van der Waals surface area contributed by atoms with Gasteiger partial charge < -0.3 is 25.2 Å². The first-order chi connectivity index (χ1) is 25.8. The van der Waals surface area contributed by atoms with Crippen molar-refractivity contribution in [3.63, 3.8) is 0 Å². The molecule has 0 aliphatic heterocycles. The van der Waals surface area contributed by atoms with Crippen LogP contribution in [0.4, 0.5) is 14.9 Å². The number of nitrogens with one attached hydrogen (secondary N) is 1. The fraction of sp³-hybridized carbons (Fsp3) is 0.467. The van der Waals surface area contributed by atoms with Gasteiger partial charge in [-0.05, 0) is 104 Å². The molecule has 3 N–H and O–H groups in total. The molecule has 0 heterocycles. The van der Waals surface area contributed by atoms with Crippen molar-refractivity contribution in [1.82, 2.24) is 4.90 Å². The summed E-state index contributed by atoms with van der Waals surface area (Å²) in [5.41, 5.74) is -0.936. The predicted molar refractivity (Wildman–Crippen MR) is 208 cm³/mol. The number of hydrogen-bond donors (Lipinski definition) is 3. The molecule has 7 nitrogen and oxygen atoms in total. The van der Waals surface area contributed by atoms with Crippen molar-refractivity contribution in [2.75, 3.05) is 19.0 Å². The van der Waals surface area contributed by atoms with Crippen LogP contribution in [0.15, 0.2) is 96.6 Å². The molecule has 2 amide bonds. The first-order valence-corrected chi connectivity index (χ1v) is 19.7. The normalized spacial score (nSPS) is 34.6. The molecule has 3 saturated carbocycles. The second kappa shape index (κ2) is 13.3. The van der Waals surface area contributed by atoms with Gasteiger partial charge in [-0.2, -0.15) is 0 Å². The molecule has 2 bridgehead atoms. The number of rotatable bonds is 9. The Morgan fingerprint density at radius 2 is 1.63 bits per heavy atom. The van der Waals surface area contributed by atoms with Crippen LogP contribution in [-0.4, -0.2) is 52.3 Å². The zero-order chi connectivity index (χ0) is 38.1. The van der Waals surface area contributed by atoms with Gasteiger partial charge in [-0.1, -0.05) is 80.1 Å². The Bertz CT molecular complexity index is 2000. The Morgan fingerprint density at radius 1 is 0.926 bits per heavy atom. The van der Waals surface area contributed by atoms with E-state index in [2.05, 4.69) is 37.4 Å². The number of benzene rings is 3. The van der Waals surface area contributed by atoms with Gasteiger partial charge in [-0.25, -0.2) is 9.18 Å². The summed E-state index contributed by atoms with van der Waals surface area (Å²) in [5, 5.41) is 27.4. The van der Waals surface area contributed by atoms with E-state index in [0.717, 1.165) is 24.8 Å². The molecule has 284 valence electrons. The average Bonchev–Trinajstić information content (AvgIpc) is 3.43. The number of fused-ring (bicyclic) bond motifs is 1. The SMILES string of the molecule is COc1ccc(NC(=O)N(Cc2ccccc2)C[C@]2(O)CC[C@H]3[C@]45C=C[C@@]6(C=C4C(=O)Cc4c(F)cccc4Cl)CC(O)CC[C@]6(C)[C@H]5CC[C@@]32C)cc1. The van der Waals surface area contributed by atoms with Crippen molar-refractivity contribution in [2.45, 2.75) is 83.5 Å². The van der Waals surface area contributed by atoms with Crippen molar-refractivity contribution in [3.8, 4) is 5.75 Å². The van der Waals surface area contributed by atoms with E-state index in [-0.39, 0.29) is 52.6 Å². The van der Waals surface area contributed by atoms with Gasteiger partial charge in [0.05, 0.1) is 25.4 Å². The minimum atomic E-state index is -1.27. The molecule has 8 atom stereocenters. The number of urea groups is 1. The van der Waals surface area contributed by atoms with Crippen LogP contribution in [0.1, 0.15) is 69.9 Å². The smallest absolute Gasteiger partial charge is 0.322 e. The minimum absolute atomic E-state index is 0.0850. The first kappa shape index (κ1) is 37.0. The van der Waals surface area contributed by atoms with Crippen LogP contribution in [0, 0.1) is 39.3 Å². The number of anilines is 1. The number of nitrogens with zero attached hydrogens (tertiary/aromatic N) is 1. The number of hydrogen-bond acceptors (Lipinski definition) is 5. The maximum atomic E-state index is 15.2. The summed E-state index contributed by atoms with van der Waals surface area (Å²) in [6, 6.07) is 21.1. The highest BCUT2D eigenvalue weighted by molar-refractivity contribution is 6.31. The van der Waals surface area contributed by atoms with Gasteiger partial charge in [-0.3, -0.25) is 4.79 Å². The van der Waals surface area contributed by atoms with Crippen LogP contribution in [0.3, 0.4) is 0 Å². The molecule has 1 unspecified atom stereocenters. The van der Waals surface area contributed by atoms with Crippen LogP contribution >= 0.6 is 11.6 Å². The zero-order valence-corrected chi connectivity index (χ0v) is 32.0. The van der Waals surface area contributed by atoms with E-state index in [0.29, 0.717) is 49.2 Å². The number of allylic oxidation sites excluding steroid dienone is 4. The maximum Gasteiger partial charge on any atom is 0.322 e. The molecule has 3 fully saturated rings. The lowest BCUT2D eigenvalue weighted by atomic mass is 9.32. The summed E-state index contributed by atoms with van der Waals surface area (Å²) in [6.45, 7) is 4.90. The number of Topliss-reactive ketones (excluding diaryl/α,β-unsaturated/α-hetero) is 1. The van der Waals surface area contributed by atoms with Gasteiger partial charge in [0.25, 0.3) is 0 Å². The van der Waals surface area contributed by atoms with Gasteiger partial charge in [0.15, 0.2) is 5.78 Å². The quantitative estimate of drug-likeness (QED) is 0.190. The summed E-state index contributed by atoms with van der Waals surface area (Å²) in [6.07, 6.45) is 10.7. The number of ether oxygens (including phenoxy) is 1. The lowest BCUT2D eigenvalue weighted by Gasteiger charge is -2.71. The molecule has 0 aromatic heterocycles. The third kappa shape index (κ3) is 5.57. The first-order valence-electron chi connectivity index (χ1n) is 19.3. The van der Waals surface area contributed by atoms with E-state index in [1.807, 2.05) is 30.3 Å². The summed E-state index contributed by atoms with van der Waals surface area (Å²) in [7, 11) is 1.60. The van der Waals surface area contributed by atoms with E-state index in [9.17, 15) is 19.8 Å². The maximum absolute atomic E-state index is 15.2. The van der Waals surface area contributed by atoms with Gasteiger partial charge in [-0.15, -0.1) is 0 Å². The highest BCUT2D eigenvalue weighted by atomic mass is 35.5. The van der Waals surface area contributed by atoms with Gasteiger partial charge >= 0.3 is 6.03 Å². The van der Waals surface area contributed by atoms with E-state index < -0.39 is 33.8 Å². The van der Waals surface area contributed by atoms with Crippen molar-refractivity contribution in [3.05, 3.63) is 119 Å². The molecule has 0 saturated heterocycles. The molecular weight excluding hydrogens is 703 g/mol. The Balaban J connectivity index is 1.17. The molecule has 6 aliphatic carbocycles. The fourth-order valence-electron chi connectivity index (χ4n) is 11.8. The lowest BCUT2D eigenvalue weighted by molar-refractivity contribution is -0.177. The Morgan fingerprint density at radius 3 is 2.35 bits per heavy atom. The third-order valence-electron chi connectivity index (χ3n) is 14.7. The number of carbonyl (C=O) groups is 2. The Labute approximate surface area is 322 Å². The standard InChI is InChI=1S/C45H50ClFN2O5/c1-41-19-16-31(50)25-43(41)22-23-45(34(26-43)37(51)24-33-35(46)10-7-11-36(33)47)38(41)17-20-42(2)39(45)18-21-44(42,53)28-49(27-29-8-5-4-6-9-29)40(52)48-30-12-14-32(54-3)15-13-30/h4-15,22-23,26,31,38-39,50,53H,16-21,24-25,27-28H2,1-3H3,(H,48,52)/t31?,38-,39-,41-,42+,43+,44-,45-/m1/s1. The molecule has 0 radical (unpaired) electrons. The molecule has 3 aromatic carbocycles. The number of amides is 2. The van der Waals surface area contributed by atoms with Crippen molar-refractivity contribution in [1.29, 1.82) is 0 Å². The molecular formula is C45H50ClFN2O5.